The Morgan fingerprint density at radius 1 is 1.15 bits per heavy atom. The molecule has 1 N–H and O–H groups in total. The quantitative estimate of drug-likeness (QED) is 0.871. The second-order valence-corrected chi connectivity index (χ2v) is 7.55. The van der Waals surface area contributed by atoms with Gasteiger partial charge in [0.05, 0.1) is 12.0 Å². The molecule has 0 spiro atoms. The molecular formula is C20H27F3N2O. The largest absolute Gasteiger partial charge is 0.416 e. The number of likely N-dealkylation sites (N-methyl/N-ethyl adjacent to an activating group) is 1. The Hall–Kier alpha value is -1.56. The Kier molecular flexibility index (Phi) is 5.90. The first-order valence-electron chi connectivity index (χ1n) is 9.52. The number of rotatable bonds is 4. The van der Waals surface area contributed by atoms with Crippen LogP contribution in [-0.4, -0.2) is 36.5 Å². The van der Waals surface area contributed by atoms with Crippen molar-refractivity contribution in [3.8, 4) is 0 Å². The predicted octanol–water partition coefficient (Wildman–Crippen LogP) is 4.02. The maximum atomic E-state index is 13.2. The van der Waals surface area contributed by atoms with Gasteiger partial charge in [-0.25, -0.2) is 0 Å². The number of nitrogens with zero attached hydrogens (tertiary/aromatic N) is 1. The molecule has 0 radical (unpaired) electrons. The highest BCUT2D eigenvalue weighted by Crippen LogP contribution is 2.35. The van der Waals surface area contributed by atoms with Gasteiger partial charge in [0.15, 0.2) is 0 Å². The van der Waals surface area contributed by atoms with Gasteiger partial charge in [0.1, 0.15) is 0 Å². The number of halogens is 3. The van der Waals surface area contributed by atoms with E-state index in [2.05, 4.69) is 5.32 Å². The molecule has 1 aromatic rings. The van der Waals surface area contributed by atoms with Crippen molar-refractivity contribution in [1.82, 2.24) is 10.2 Å². The summed E-state index contributed by atoms with van der Waals surface area (Å²) in [4.78, 5) is 14.5. The number of hydrogen-bond donors (Lipinski definition) is 1. The molecule has 1 heterocycles. The standard InChI is InChI=1S/C20H27F3N2O/c1-25(18-11-5-3-8-15(18)17-10-6-12-24-17)19(26)13-14-7-2-4-9-16(14)20(21,22)23/h2,4,7,9,15,17-18,24H,3,5-6,8,10-13H2,1H3. The lowest BCUT2D eigenvalue weighted by Gasteiger charge is -2.41. The smallest absolute Gasteiger partial charge is 0.342 e. The topological polar surface area (TPSA) is 32.3 Å². The van der Waals surface area contributed by atoms with Gasteiger partial charge in [0.25, 0.3) is 0 Å². The molecule has 2 fully saturated rings. The monoisotopic (exact) mass is 368 g/mol. The average Bonchev–Trinajstić information content (AvgIpc) is 3.15. The molecule has 1 saturated carbocycles. The summed E-state index contributed by atoms with van der Waals surface area (Å²) in [6, 6.07) is 5.93. The van der Waals surface area contributed by atoms with E-state index >= 15 is 0 Å². The van der Waals surface area contributed by atoms with Gasteiger partial charge in [0, 0.05) is 19.1 Å². The van der Waals surface area contributed by atoms with E-state index in [0.717, 1.165) is 51.1 Å². The molecule has 144 valence electrons. The van der Waals surface area contributed by atoms with Crippen molar-refractivity contribution in [3.05, 3.63) is 35.4 Å². The van der Waals surface area contributed by atoms with Gasteiger partial charge in [-0.2, -0.15) is 13.2 Å². The second-order valence-electron chi connectivity index (χ2n) is 7.55. The third kappa shape index (κ3) is 4.22. The van der Waals surface area contributed by atoms with Gasteiger partial charge in [-0.3, -0.25) is 4.79 Å². The molecule has 0 bridgehead atoms. The van der Waals surface area contributed by atoms with Crippen molar-refractivity contribution in [3.63, 3.8) is 0 Å². The molecule has 2 aliphatic rings. The van der Waals surface area contributed by atoms with E-state index < -0.39 is 11.7 Å². The van der Waals surface area contributed by atoms with Crippen LogP contribution in [0.3, 0.4) is 0 Å². The molecule has 0 aromatic heterocycles. The Bertz CT molecular complexity index is 626. The summed E-state index contributed by atoms with van der Waals surface area (Å²) in [7, 11) is 1.76. The summed E-state index contributed by atoms with van der Waals surface area (Å²) in [6.07, 6.45) is 1.91. The van der Waals surface area contributed by atoms with Crippen LogP contribution in [0.4, 0.5) is 13.2 Å². The minimum absolute atomic E-state index is 0.0585. The van der Waals surface area contributed by atoms with E-state index in [9.17, 15) is 18.0 Å². The zero-order valence-electron chi connectivity index (χ0n) is 15.2. The van der Waals surface area contributed by atoms with Crippen molar-refractivity contribution in [2.45, 2.75) is 63.2 Å². The van der Waals surface area contributed by atoms with E-state index in [4.69, 9.17) is 0 Å². The Morgan fingerprint density at radius 2 is 1.88 bits per heavy atom. The Labute approximate surface area is 152 Å². The molecule has 1 aromatic carbocycles. The van der Waals surface area contributed by atoms with E-state index in [1.165, 1.54) is 12.1 Å². The summed E-state index contributed by atoms with van der Waals surface area (Å²) in [5.41, 5.74) is -0.650. The molecule has 1 aliphatic carbocycles. The summed E-state index contributed by atoms with van der Waals surface area (Å²) in [5.74, 6) is 0.176. The van der Waals surface area contributed by atoms with Crippen LogP contribution in [0.15, 0.2) is 24.3 Å². The van der Waals surface area contributed by atoms with Crippen LogP contribution < -0.4 is 5.32 Å². The van der Waals surface area contributed by atoms with Gasteiger partial charge in [-0.15, -0.1) is 0 Å². The van der Waals surface area contributed by atoms with Crippen LogP contribution in [0.1, 0.15) is 49.7 Å². The minimum Gasteiger partial charge on any atom is -0.342 e. The number of carbonyl (C=O) groups excluding carboxylic acids is 1. The Morgan fingerprint density at radius 3 is 2.58 bits per heavy atom. The van der Waals surface area contributed by atoms with Crippen LogP contribution in [0.25, 0.3) is 0 Å². The zero-order chi connectivity index (χ0) is 18.7. The first-order chi connectivity index (χ1) is 12.4. The fraction of sp³-hybridized carbons (Fsp3) is 0.650. The fourth-order valence-electron chi connectivity index (χ4n) is 4.59. The summed E-state index contributed by atoms with van der Waals surface area (Å²) in [6.45, 7) is 1.02. The van der Waals surface area contributed by atoms with Gasteiger partial charge >= 0.3 is 6.18 Å². The minimum atomic E-state index is -4.43. The fourth-order valence-corrected chi connectivity index (χ4v) is 4.59. The lowest BCUT2D eigenvalue weighted by molar-refractivity contribution is -0.139. The normalized spacial score (nSPS) is 26.7. The van der Waals surface area contributed by atoms with E-state index in [1.54, 1.807) is 18.0 Å². The number of benzene rings is 1. The number of nitrogens with one attached hydrogen (secondary N) is 1. The van der Waals surface area contributed by atoms with Gasteiger partial charge in [0.2, 0.25) is 5.91 Å². The zero-order valence-corrected chi connectivity index (χ0v) is 15.2. The lowest BCUT2D eigenvalue weighted by atomic mass is 9.78. The molecule has 3 nitrogen and oxygen atoms in total. The van der Waals surface area contributed by atoms with Crippen LogP contribution in [0.5, 0.6) is 0 Å². The molecular weight excluding hydrogens is 341 g/mol. The number of carbonyl (C=O) groups is 1. The van der Waals surface area contributed by atoms with Crippen LogP contribution in [0.2, 0.25) is 0 Å². The van der Waals surface area contributed by atoms with Crippen molar-refractivity contribution in [1.29, 1.82) is 0 Å². The number of amides is 1. The molecule has 3 rings (SSSR count). The van der Waals surface area contributed by atoms with Crippen LogP contribution in [-0.2, 0) is 17.4 Å². The van der Waals surface area contributed by atoms with Gasteiger partial charge < -0.3 is 10.2 Å². The van der Waals surface area contributed by atoms with Crippen molar-refractivity contribution < 1.29 is 18.0 Å². The SMILES string of the molecule is CN(C(=O)Cc1ccccc1C(F)(F)F)C1CCCCC1C1CCCN1. The lowest BCUT2D eigenvalue weighted by Crippen LogP contribution is -2.50. The number of alkyl halides is 3. The average molecular weight is 368 g/mol. The molecule has 1 saturated heterocycles. The second kappa shape index (κ2) is 7.99. The molecule has 1 aliphatic heterocycles. The molecule has 3 atom stereocenters. The summed E-state index contributed by atoms with van der Waals surface area (Å²) in [5, 5.41) is 3.54. The van der Waals surface area contributed by atoms with Crippen molar-refractivity contribution in [2.75, 3.05) is 13.6 Å². The highest BCUT2D eigenvalue weighted by molar-refractivity contribution is 5.79. The molecule has 3 unspecified atom stereocenters. The molecule has 26 heavy (non-hydrogen) atoms. The predicted molar refractivity (Wildman–Crippen MR) is 94.7 cm³/mol. The maximum Gasteiger partial charge on any atom is 0.416 e. The Balaban J connectivity index is 1.73. The van der Waals surface area contributed by atoms with Gasteiger partial charge in [-0.05, 0) is 49.8 Å². The third-order valence-corrected chi connectivity index (χ3v) is 5.95. The summed E-state index contributed by atoms with van der Waals surface area (Å²) < 4.78 is 39.6. The molecule has 1 amide bonds. The first-order valence-corrected chi connectivity index (χ1v) is 9.52. The number of hydrogen-bond acceptors (Lipinski definition) is 2. The van der Waals surface area contributed by atoms with Crippen molar-refractivity contribution >= 4 is 5.91 Å². The highest BCUT2D eigenvalue weighted by Gasteiger charge is 2.38. The van der Waals surface area contributed by atoms with E-state index in [-0.39, 0.29) is 23.9 Å². The maximum absolute atomic E-state index is 13.2. The van der Waals surface area contributed by atoms with Crippen LogP contribution >= 0.6 is 0 Å². The van der Waals surface area contributed by atoms with E-state index in [0.29, 0.717) is 12.0 Å². The molecule has 6 heteroatoms. The third-order valence-electron chi connectivity index (χ3n) is 5.95. The van der Waals surface area contributed by atoms with Gasteiger partial charge in [-0.1, -0.05) is 31.0 Å². The highest BCUT2D eigenvalue weighted by atomic mass is 19.4. The van der Waals surface area contributed by atoms with Crippen molar-refractivity contribution in [2.24, 2.45) is 5.92 Å². The first kappa shape index (κ1) is 19.2. The van der Waals surface area contributed by atoms with Crippen LogP contribution in [0, 0.1) is 5.92 Å². The summed E-state index contributed by atoms with van der Waals surface area (Å²) >= 11 is 0. The van der Waals surface area contributed by atoms with E-state index in [1.807, 2.05) is 0 Å².